The fourth-order valence-corrected chi connectivity index (χ4v) is 7.50. The Morgan fingerprint density at radius 1 is 0.893 bits per heavy atom. The summed E-state index contributed by atoms with van der Waals surface area (Å²) in [6.07, 6.45) is 14.0. The predicted octanol–water partition coefficient (Wildman–Crippen LogP) is 4.11. The molecule has 5 fully saturated rings. The van der Waals surface area contributed by atoms with Crippen LogP contribution in [0.1, 0.15) is 66.2 Å². The van der Waals surface area contributed by atoms with Gasteiger partial charge in [0.1, 0.15) is 12.2 Å². The normalized spacial score (nSPS) is 59.7. The third-order valence-electron chi connectivity index (χ3n) is 9.93. The van der Waals surface area contributed by atoms with E-state index in [2.05, 4.69) is 39.8 Å². The number of ether oxygens (including phenoxy) is 2. The second-order valence-electron chi connectivity index (χ2n) is 11.0. The van der Waals surface area contributed by atoms with Crippen molar-refractivity contribution in [2.24, 2.45) is 34.5 Å². The van der Waals surface area contributed by atoms with E-state index >= 15 is 0 Å². The minimum atomic E-state index is -0.400. The molecule has 2 saturated heterocycles. The van der Waals surface area contributed by atoms with Crippen LogP contribution in [0.4, 0.5) is 0 Å². The molecule has 0 bridgehead atoms. The number of aldehydes is 2. The molecule has 3 saturated carbocycles. The lowest BCUT2D eigenvalue weighted by Gasteiger charge is -2.42. The van der Waals surface area contributed by atoms with Crippen LogP contribution in [-0.2, 0) is 19.1 Å². The molecule has 0 aromatic carbocycles. The van der Waals surface area contributed by atoms with E-state index < -0.39 is 5.60 Å². The lowest BCUT2D eigenvalue weighted by Crippen LogP contribution is -2.38. The summed E-state index contributed by atoms with van der Waals surface area (Å²) in [6.45, 7) is 9.23. The first-order valence-electron chi connectivity index (χ1n) is 11.2. The number of allylic oxidation sites excluding steroid dienone is 2. The van der Waals surface area contributed by atoms with E-state index in [4.69, 9.17) is 9.47 Å². The summed E-state index contributed by atoms with van der Waals surface area (Å²) in [5, 5.41) is 0. The van der Waals surface area contributed by atoms with Crippen molar-refractivity contribution in [3.8, 4) is 0 Å². The average Bonchev–Trinajstić information content (AvgIpc) is 3.56. The summed E-state index contributed by atoms with van der Waals surface area (Å²) < 4.78 is 11.3. The lowest BCUT2D eigenvalue weighted by molar-refractivity contribution is -0.113. The molecule has 0 N–H and O–H groups in total. The van der Waals surface area contributed by atoms with Crippen LogP contribution in [0.15, 0.2) is 12.2 Å². The monoisotopic (exact) mass is 386 g/mol. The number of fused-ring (bicyclic) bond motifs is 6. The van der Waals surface area contributed by atoms with E-state index in [-0.39, 0.29) is 23.2 Å². The minimum absolute atomic E-state index is 0.192. The van der Waals surface area contributed by atoms with Gasteiger partial charge >= 0.3 is 0 Å². The van der Waals surface area contributed by atoms with E-state index in [0.717, 1.165) is 43.7 Å². The van der Waals surface area contributed by atoms with Crippen LogP contribution in [0.5, 0.6) is 0 Å². The Bertz CT molecular complexity index is 732. The lowest BCUT2D eigenvalue weighted by atomic mass is 9.63. The molecular formula is C24H34O4. The van der Waals surface area contributed by atoms with Gasteiger partial charge in [-0.3, -0.25) is 0 Å². The third-order valence-corrected chi connectivity index (χ3v) is 9.93. The van der Waals surface area contributed by atoms with Gasteiger partial charge in [0.25, 0.3) is 0 Å². The number of epoxide rings is 2. The van der Waals surface area contributed by atoms with Crippen molar-refractivity contribution in [1.29, 1.82) is 0 Å². The van der Waals surface area contributed by atoms with Gasteiger partial charge in [-0.15, -0.1) is 0 Å². The SMILES string of the molecule is C[C@@H]1CC=C[C@H]2C[C@]3(C=O)O[C@@H]3[C@@]12C.C[C@@H]1CCC[C@H]2C[C@]3(C=O)O[C@@H]3[C@]21C. The van der Waals surface area contributed by atoms with Crippen LogP contribution >= 0.6 is 0 Å². The second kappa shape index (κ2) is 5.78. The summed E-state index contributed by atoms with van der Waals surface area (Å²) >= 11 is 0. The van der Waals surface area contributed by atoms with E-state index in [0.29, 0.717) is 17.3 Å². The average molecular weight is 387 g/mol. The summed E-state index contributed by atoms with van der Waals surface area (Å²) in [4.78, 5) is 22.1. The zero-order valence-corrected chi connectivity index (χ0v) is 17.6. The first-order valence-corrected chi connectivity index (χ1v) is 11.2. The highest BCUT2D eigenvalue weighted by Gasteiger charge is 2.75. The molecular weight excluding hydrogens is 352 g/mol. The number of carbonyl (C=O) groups is 2. The van der Waals surface area contributed by atoms with Crippen LogP contribution in [0.25, 0.3) is 0 Å². The summed E-state index contributed by atoms with van der Waals surface area (Å²) in [7, 11) is 0. The molecule has 4 heteroatoms. The van der Waals surface area contributed by atoms with Crippen molar-refractivity contribution in [3.63, 3.8) is 0 Å². The van der Waals surface area contributed by atoms with Crippen molar-refractivity contribution in [1.82, 2.24) is 0 Å². The van der Waals surface area contributed by atoms with E-state index in [1.54, 1.807) is 0 Å². The van der Waals surface area contributed by atoms with Crippen LogP contribution in [-0.4, -0.2) is 36.0 Å². The number of carbonyl (C=O) groups excluding carboxylic acids is 2. The van der Waals surface area contributed by atoms with E-state index in [1.165, 1.54) is 19.3 Å². The van der Waals surface area contributed by atoms with Gasteiger partial charge < -0.3 is 19.1 Å². The molecule has 0 amide bonds. The smallest absolute Gasteiger partial charge is 0.154 e. The molecule has 10 atom stereocenters. The van der Waals surface area contributed by atoms with Crippen molar-refractivity contribution in [2.75, 3.05) is 0 Å². The molecule has 0 unspecified atom stereocenters. The molecule has 6 aliphatic rings. The van der Waals surface area contributed by atoms with Crippen LogP contribution in [0, 0.1) is 34.5 Å². The fourth-order valence-electron chi connectivity index (χ4n) is 7.50. The molecule has 2 aliphatic heterocycles. The molecule has 28 heavy (non-hydrogen) atoms. The number of rotatable bonds is 2. The zero-order valence-electron chi connectivity index (χ0n) is 17.6. The van der Waals surface area contributed by atoms with Gasteiger partial charge in [-0.1, -0.05) is 52.7 Å². The second-order valence-corrected chi connectivity index (χ2v) is 11.0. The molecule has 0 spiro atoms. The van der Waals surface area contributed by atoms with Gasteiger partial charge in [0.15, 0.2) is 23.8 Å². The first-order chi connectivity index (χ1) is 13.3. The Hall–Kier alpha value is -1.00. The maximum absolute atomic E-state index is 11.0. The number of hydrogen-bond acceptors (Lipinski definition) is 4. The highest BCUT2D eigenvalue weighted by Crippen LogP contribution is 2.68. The molecule has 6 rings (SSSR count). The van der Waals surface area contributed by atoms with Crippen molar-refractivity contribution in [3.05, 3.63) is 12.2 Å². The van der Waals surface area contributed by atoms with Crippen molar-refractivity contribution >= 4 is 12.6 Å². The predicted molar refractivity (Wildman–Crippen MR) is 106 cm³/mol. The van der Waals surface area contributed by atoms with Gasteiger partial charge in [-0.2, -0.15) is 0 Å². The van der Waals surface area contributed by atoms with Crippen LogP contribution in [0.2, 0.25) is 0 Å². The topological polar surface area (TPSA) is 59.2 Å². The molecule has 4 nitrogen and oxygen atoms in total. The highest BCUT2D eigenvalue weighted by molar-refractivity contribution is 5.70. The molecule has 2 heterocycles. The Morgan fingerprint density at radius 2 is 1.54 bits per heavy atom. The molecule has 4 aliphatic carbocycles. The number of hydrogen-bond donors (Lipinski definition) is 0. The standard InChI is InChI=1S/C12H18O2.C12H16O2/c2*1-8-4-3-5-9-6-12(7-13)10(14-12)11(8,9)2/h7-10H,3-6H2,1-2H3;3,5,7-10H,4,6H2,1-2H3/t2*8-,9+,10-,11+,12-/m11/s1. The van der Waals surface area contributed by atoms with Gasteiger partial charge in [0.05, 0.1) is 0 Å². The van der Waals surface area contributed by atoms with Crippen LogP contribution in [0.3, 0.4) is 0 Å². The molecule has 154 valence electrons. The van der Waals surface area contributed by atoms with Gasteiger partial charge in [0.2, 0.25) is 0 Å². The van der Waals surface area contributed by atoms with Gasteiger partial charge in [-0.05, 0) is 49.4 Å². The Labute approximate surface area is 168 Å². The van der Waals surface area contributed by atoms with Gasteiger partial charge in [-0.25, -0.2) is 0 Å². The quantitative estimate of drug-likeness (QED) is 0.407. The Kier molecular flexibility index (Phi) is 3.92. The zero-order chi connectivity index (χ0) is 19.9. The first kappa shape index (κ1) is 19.0. The maximum Gasteiger partial charge on any atom is 0.154 e. The third kappa shape index (κ3) is 2.19. The summed E-state index contributed by atoms with van der Waals surface area (Å²) in [6, 6.07) is 0. The molecule has 0 radical (unpaired) electrons. The molecule has 0 aromatic rings. The fraction of sp³-hybridized carbons (Fsp3) is 0.833. The highest BCUT2D eigenvalue weighted by atomic mass is 16.6. The maximum atomic E-state index is 11.0. The minimum Gasteiger partial charge on any atom is -0.357 e. The van der Waals surface area contributed by atoms with Crippen LogP contribution < -0.4 is 0 Å². The van der Waals surface area contributed by atoms with Gasteiger partial charge in [0, 0.05) is 10.8 Å². The Morgan fingerprint density at radius 3 is 2.14 bits per heavy atom. The van der Waals surface area contributed by atoms with E-state index in [9.17, 15) is 9.59 Å². The Balaban J connectivity index is 0.000000122. The summed E-state index contributed by atoms with van der Waals surface area (Å²) in [5.41, 5.74) is -0.255. The van der Waals surface area contributed by atoms with E-state index in [1.807, 2.05) is 0 Å². The summed E-state index contributed by atoms with van der Waals surface area (Å²) in [5.74, 6) is 2.63. The largest absolute Gasteiger partial charge is 0.357 e. The van der Waals surface area contributed by atoms with Crippen molar-refractivity contribution < 1.29 is 19.1 Å². The van der Waals surface area contributed by atoms with Crippen molar-refractivity contribution in [2.45, 2.75) is 89.6 Å². The molecule has 0 aromatic heterocycles.